The Bertz CT molecular complexity index is 620. The molecule has 0 aliphatic carbocycles. The fourth-order valence-electron chi connectivity index (χ4n) is 3.32. The van der Waals surface area contributed by atoms with E-state index in [2.05, 4.69) is 10.6 Å². The monoisotopic (exact) mass is 395 g/mol. The van der Waals surface area contributed by atoms with E-state index in [1.54, 1.807) is 21.3 Å². The second-order valence-electron chi connectivity index (χ2n) is 6.84. The summed E-state index contributed by atoms with van der Waals surface area (Å²) in [4.78, 5) is 4.70. The highest BCUT2D eigenvalue weighted by atomic mass is 16.5. The normalized spacial score (nSPS) is 19.4. The molecule has 8 nitrogen and oxygen atoms in total. The summed E-state index contributed by atoms with van der Waals surface area (Å²) >= 11 is 0. The van der Waals surface area contributed by atoms with Gasteiger partial charge in [-0.3, -0.25) is 0 Å². The van der Waals surface area contributed by atoms with Crippen molar-refractivity contribution in [2.24, 2.45) is 10.4 Å². The van der Waals surface area contributed by atoms with Crippen molar-refractivity contribution in [3.05, 3.63) is 17.7 Å². The molecule has 1 aromatic carbocycles. The fraction of sp³-hybridized carbons (Fsp3) is 0.650. The Balaban J connectivity index is 2.16. The van der Waals surface area contributed by atoms with E-state index in [0.717, 1.165) is 25.1 Å². The van der Waals surface area contributed by atoms with E-state index < -0.39 is 0 Å². The van der Waals surface area contributed by atoms with Crippen LogP contribution >= 0.6 is 0 Å². The smallest absolute Gasteiger partial charge is 0.191 e. The maximum atomic E-state index is 9.40. The summed E-state index contributed by atoms with van der Waals surface area (Å²) in [5, 5.41) is 16.1. The van der Waals surface area contributed by atoms with E-state index in [9.17, 15) is 5.11 Å². The second kappa shape index (κ2) is 11.0. The molecule has 0 saturated carbocycles. The van der Waals surface area contributed by atoms with Crippen molar-refractivity contribution in [3.63, 3.8) is 0 Å². The van der Waals surface area contributed by atoms with Crippen LogP contribution in [0.15, 0.2) is 17.1 Å². The minimum absolute atomic E-state index is 0.0551. The minimum atomic E-state index is -0.0551. The van der Waals surface area contributed by atoms with Gasteiger partial charge in [-0.15, -0.1) is 0 Å². The molecule has 1 unspecified atom stereocenters. The van der Waals surface area contributed by atoms with Crippen molar-refractivity contribution in [2.45, 2.75) is 26.3 Å². The summed E-state index contributed by atoms with van der Waals surface area (Å²) in [5.41, 5.74) is 0.790. The molecule has 28 heavy (non-hydrogen) atoms. The van der Waals surface area contributed by atoms with Crippen molar-refractivity contribution in [1.29, 1.82) is 0 Å². The van der Waals surface area contributed by atoms with E-state index in [0.29, 0.717) is 49.3 Å². The molecule has 1 aliphatic heterocycles. The second-order valence-corrected chi connectivity index (χ2v) is 6.84. The molecule has 1 saturated heterocycles. The summed E-state index contributed by atoms with van der Waals surface area (Å²) < 4.78 is 21.9. The van der Waals surface area contributed by atoms with E-state index in [-0.39, 0.29) is 12.0 Å². The van der Waals surface area contributed by atoms with Gasteiger partial charge in [-0.2, -0.15) is 0 Å². The lowest BCUT2D eigenvalue weighted by Gasteiger charge is -2.27. The molecule has 0 aromatic heterocycles. The van der Waals surface area contributed by atoms with Crippen LogP contribution in [0.25, 0.3) is 0 Å². The summed E-state index contributed by atoms with van der Waals surface area (Å²) in [6.07, 6.45) is 1.64. The van der Waals surface area contributed by atoms with Crippen LogP contribution in [0.1, 0.15) is 25.3 Å². The Morgan fingerprint density at radius 3 is 2.39 bits per heavy atom. The Morgan fingerprint density at radius 1 is 1.18 bits per heavy atom. The number of aliphatic imine (C=N–C) groups is 1. The molecular formula is C20H33N3O5. The molecule has 0 bridgehead atoms. The van der Waals surface area contributed by atoms with Crippen molar-refractivity contribution in [3.8, 4) is 17.2 Å². The average molecular weight is 396 g/mol. The van der Waals surface area contributed by atoms with Crippen LogP contribution < -0.4 is 24.8 Å². The molecular weight excluding hydrogens is 362 g/mol. The van der Waals surface area contributed by atoms with Gasteiger partial charge < -0.3 is 34.7 Å². The van der Waals surface area contributed by atoms with Crippen LogP contribution in [0.5, 0.6) is 17.2 Å². The molecule has 1 aliphatic rings. The van der Waals surface area contributed by atoms with Gasteiger partial charge in [0, 0.05) is 43.9 Å². The molecule has 0 spiro atoms. The Hall–Kier alpha value is -2.19. The van der Waals surface area contributed by atoms with Crippen molar-refractivity contribution < 1.29 is 24.1 Å². The van der Waals surface area contributed by atoms with Crippen LogP contribution in [-0.2, 0) is 11.3 Å². The first-order valence-corrected chi connectivity index (χ1v) is 9.61. The SMILES string of the molecule is CCNC(=NCc1c(OC)cc(OC)cc1OC)NCC1(CCO)CCOC1. The van der Waals surface area contributed by atoms with Crippen molar-refractivity contribution in [1.82, 2.24) is 10.6 Å². The number of hydrogen-bond acceptors (Lipinski definition) is 6. The summed E-state index contributed by atoms with van der Waals surface area (Å²) in [7, 11) is 4.83. The molecule has 158 valence electrons. The first-order valence-electron chi connectivity index (χ1n) is 9.61. The largest absolute Gasteiger partial charge is 0.496 e. The molecule has 1 heterocycles. The standard InChI is InChI=1S/C20H33N3O5/c1-5-21-19(23-13-20(6-8-24)7-9-28-14-20)22-12-16-17(26-3)10-15(25-2)11-18(16)27-4/h10-11,24H,5-9,12-14H2,1-4H3,(H2,21,22,23). The lowest BCUT2D eigenvalue weighted by atomic mass is 9.84. The molecule has 0 radical (unpaired) electrons. The van der Waals surface area contributed by atoms with E-state index in [1.807, 2.05) is 19.1 Å². The minimum Gasteiger partial charge on any atom is -0.496 e. The zero-order valence-corrected chi connectivity index (χ0v) is 17.3. The van der Waals surface area contributed by atoms with Crippen LogP contribution in [0.3, 0.4) is 0 Å². The number of aliphatic hydroxyl groups excluding tert-OH is 1. The average Bonchev–Trinajstić information content (AvgIpc) is 3.18. The molecule has 3 N–H and O–H groups in total. The number of guanidine groups is 1. The van der Waals surface area contributed by atoms with Crippen LogP contribution in [0.4, 0.5) is 0 Å². The Labute approximate surface area is 167 Å². The van der Waals surface area contributed by atoms with Gasteiger partial charge >= 0.3 is 0 Å². The summed E-state index contributed by atoms with van der Waals surface area (Å²) in [6, 6.07) is 3.64. The maximum absolute atomic E-state index is 9.40. The third kappa shape index (κ3) is 5.65. The first kappa shape index (κ1) is 22.1. The summed E-state index contributed by atoms with van der Waals surface area (Å²) in [6.45, 7) is 5.38. The number of nitrogens with one attached hydrogen (secondary N) is 2. The summed E-state index contributed by atoms with van der Waals surface area (Å²) in [5.74, 6) is 2.69. The van der Waals surface area contributed by atoms with Crippen LogP contribution in [-0.4, -0.2) is 65.3 Å². The number of hydrogen-bond donors (Lipinski definition) is 3. The van der Waals surface area contributed by atoms with Gasteiger partial charge in [-0.25, -0.2) is 4.99 Å². The topological polar surface area (TPSA) is 93.6 Å². The van der Waals surface area contributed by atoms with Gasteiger partial charge in [-0.05, 0) is 19.8 Å². The number of ether oxygens (including phenoxy) is 4. The number of methoxy groups -OCH3 is 3. The Morgan fingerprint density at radius 2 is 1.89 bits per heavy atom. The van der Waals surface area contributed by atoms with E-state index in [1.165, 1.54) is 0 Å². The maximum Gasteiger partial charge on any atom is 0.191 e. The molecule has 1 aromatic rings. The van der Waals surface area contributed by atoms with Gasteiger partial charge in [0.25, 0.3) is 0 Å². The number of aliphatic hydroxyl groups is 1. The lowest BCUT2D eigenvalue weighted by Crippen LogP contribution is -2.44. The van der Waals surface area contributed by atoms with Gasteiger partial charge in [-0.1, -0.05) is 0 Å². The van der Waals surface area contributed by atoms with Crippen molar-refractivity contribution >= 4 is 5.96 Å². The molecule has 1 atom stereocenters. The van der Waals surface area contributed by atoms with Gasteiger partial charge in [0.1, 0.15) is 17.2 Å². The van der Waals surface area contributed by atoms with Gasteiger partial charge in [0.15, 0.2) is 5.96 Å². The van der Waals surface area contributed by atoms with Crippen LogP contribution in [0, 0.1) is 5.41 Å². The highest BCUT2D eigenvalue weighted by molar-refractivity contribution is 5.79. The third-order valence-corrected chi connectivity index (χ3v) is 5.01. The zero-order valence-electron chi connectivity index (χ0n) is 17.3. The number of rotatable bonds is 10. The molecule has 8 heteroatoms. The molecule has 1 fully saturated rings. The molecule has 0 amide bonds. The predicted octanol–water partition coefficient (Wildman–Crippen LogP) is 1.56. The van der Waals surface area contributed by atoms with Crippen molar-refractivity contribution in [2.75, 3.05) is 54.2 Å². The lowest BCUT2D eigenvalue weighted by molar-refractivity contribution is 0.127. The third-order valence-electron chi connectivity index (χ3n) is 5.01. The Kier molecular flexibility index (Phi) is 8.66. The number of benzene rings is 1. The van der Waals surface area contributed by atoms with E-state index >= 15 is 0 Å². The zero-order chi connectivity index (χ0) is 20.4. The predicted molar refractivity (Wildman–Crippen MR) is 108 cm³/mol. The highest BCUT2D eigenvalue weighted by Crippen LogP contribution is 2.34. The van der Waals surface area contributed by atoms with E-state index in [4.69, 9.17) is 23.9 Å². The first-order chi connectivity index (χ1) is 13.6. The number of nitrogens with zero attached hydrogens (tertiary/aromatic N) is 1. The van der Waals surface area contributed by atoms with Gasteiger partial charge in [0.2, 0.25) is 0 Å². The van der Waals surface area contributed by atoms with Crippen LogP contribution in [0.2, 0.25) is 0 Å². The highest BCUT2D eigenvalue weighted by Gasteiger charge is 2.34. The molecule has 2 rings (SSSR count). The fourth-order valence-corrected chi connectivity index (χ4v) is 3.32. The quantitative estimate of drug-likeness (QED) is 0.409. The van der Waals surface area contributed by atoms with Gasteiger partial charge in [0.05, 0.1) is 40.0 Å².